The van der Waals surface area contributed by atoms with Crippen molar-refractivity contribution in [1.29, 1.82) is 0 Å². The summed E-state index contributed by atoms with van der Waals surface area (Å²) in [6, 6.07) is 126. The maximum atomic E-state index is 3.11. The van der Waals surface area contributed by atoms with Gasteiger partial charge in [0.15, 0.2) is 0 Å². The Morgan fingerprint density at radius 3 is 0.357 bits per heavy atom. The van der Waals surface area contributed by atoms with Crippen LogP contribution in [-0.2, 0) is 21.7 Å². The van der Waals surface area contributed by atoms with Crippen LogP contribution in [0.2, 0.25) is 0 Å². The highest BCUT2D eigenvalue weighted by atomic mass is 79.9. The second-order valence-electron chi connectivity index (χ2n) is 31.9. The lowest BCUT2D eigenvalue weighted by atomic mass is 9.32. The van der Waals surface area contributed by atoms with Crippen LogP contribution in [0.25, 0.3) is 0 Å². The molecule has 0 radical (unpaired) electrons. The van der Waals surface area contributed by atoms with Crippen LogP contribution in [0.15, 0.2) is 364 Å². The number of halogens is 4. The fourth-order valence-electron chi connectivity index (χ4n) is 20.7. The summed E-state index contributed by atoms with van der Waals surface area (Å²) in [7, 11) is 0. The molecule has 0 aliphatic heterocycles. The van der Waals surface area contributed by atoms with E-state index in [1.165, 1.54) is 77.0 Å². The van der Waals surface area contributed by atoms with Gasteiger partial charge >= 0.3 is 0 Å². The molecule has 0 N–H and O–H groups in total. The van der Waals surface area contributed by atoms with Crippen LogP contribution in [0.4, 0.5) is 0 Å². The first-order valence-corrected chi connectivity index (χ1v) is 45.3. The average Bonchev–Trinajstić information content (AvgIpc) is 0.674. The fraction of sp³-hybridized carbons (Fsp3) is 0.259. The Balaban J connectivity index is 0.000000159. The first-order chi connectivity index (χ1) is 54.7. The van der Waals surface area contributed by atoms with Gasteiger partial charge in [-0.1, -0.05) is 406 Å². The van der Waals surface area contributed by atoms with Crippen LogP contribution in [0.5, 0.6) is 0 Å². The molecular weight excluding hydrogens is 1620 g/mol. The van der Waals surface area contributed by atoms with Crippen LogP contribution in [0.1, 0.15) is 172 Å². The van der Waals surface area contributed by atoms with Gasteiger partial charge in [-0.3, -0.25) is 0 Å². The maximum absolute atomic E-state index is 3.11. The van der Waals surface area contributed by atoms with Gasteiger partial charge in [0.05, 0.1) is 0 Å². The number of hydrogen-bond acceptors (Lipinski definition) is 0. The zero-order valence-electron chi connectivity index (χ0n) is 66.6. The molecule has 568 valence electrons. The Kier molecular flexibility index (Phi) is 33.4. The first kappa shape index (κ1) is 86.8. The molecule has 0 nitrogen and oxygen atoms in total. The van der Waals surface area contributed by atoms with Gasteiger partial charge in [-0.25, -0.2) is 0 Å². The van der Waals surface area contributed by atoms with Crippen LogP contribution in [0, 0.1) is 69.0 Å². The molecule has 0 spiro atoms. The van der Waals surface area contributed by atoms with Gasteiger partial charge < -0.3 is 0 Å². The highest BCUT2D eigenvalue weighted by molar-refractivity contribution is 9.09. The standard InChI is InChI=1S/C34H32.C14H24.4C14H10.4CH3Br/c1-5-13-27(14-6-1)31-21-32(28-15-7-2-8-16-28)24-33(22-31,29-17-9-3-10-18-29)26-34(23-31,25-32)30-19-11-4-12-20-30;1-11-5-12(2)8-13(3,6-11)10-14(4,7-11)9-12;4*1-3-7-13(8-4-1)11-12-14-9-5-2-6-10-14;4*1-2/h1-20H,21-26H2;5-10H2,1-4H3;4*1-10H;4*1H3. The molecule has 4 heteroatoms. The van der Waals surface area contributed by atoms with E-state index in [-0.39, 0.29) is 21.7 Å². The minimum absolute atomic E-state index is 0.192. The third kappa shape index (κ3) is 24.4. The number of alkyl halides is 4. The normalized spacial score (nSPS) is 23.1. The Morgan fingerprint density at radius 1 is 0.152 bits per heavy atom. The number of benzene rings is 12. The minimum atomic E-state index is 0.192. The SMILES string of the molecule is C(#Cc1ccccc1)c1ccccc1.C(#Cc1ccccc1)c1ccccc1.C(#Cc1ccccc1)c1ccccc1.C(#Cc1ccccc1)c1ccccc1.CBr.CBr.CBr.CBr.CC12CC3(C)CC(C)(C1)CC(C)(C2)C3.c1ccc(C23CC4(c5ccccc5)CC(c5ccccc5)(C2)CC(c2ccccc2)(C3)C4)cc1. The predicted octanol–water partition coefficient (Wildman–Crippen LogP) is 28.9. The van der Waals surface area contributed by atoms with E-state index in [2.05, 4.69) is 260 Å². The molecular formula is C108H108Br4. The zero-order valence-corrected chi connectivity index (χ0v) is 73.0. The zero-order chi connectivity index (χ0) is 79.5. The molecule has 12 aromatic carbocycles. The second-order valence-corrected chi connectivity index (χ2v) is 31.9. The Labute approximate surface area is 707 Å². The van der Waals surface area contributed by atoms with Crippen molar-refractivity contribution >= 4 is 63.7 Å². The molecule has 12 aromatic rings. The first-order valence-electron chi connectivity index (χ1n) is 38.9. The van der Waals surface area contributed by atoms with Crippen molar-refractivity contribution in [3.8, 4) is 47.4 Å². The van der Waals surface area contributed by atoms with Gasteiger partial charge in [0.25, 0.3) is 0 Å². The van der Waals surface area contributed by atoms with Crippen molar-refractivity contribution in [1.82, 2.24) is 0 Å². The van der Waals surface area contributed by atoms with Crippen molar-refractivity contribution in [3.05, 3.63) is 431 Å². The molecule has 0 atom stereocenters. The van der Waals surface area contributed by atoms with Crippen molar-refractivity contribution < 1.29 is 0 Å². The molecule has 8 aliphatic carbocycles. The summed E-state index contributed by atoms with van der Waals surface area (Å²) in [5, 5.41) is 0. The summed E-state index contributed by atoms with van der Waals surface area (Å²) in [5.41, 5.74) is 18.1. The molecule has 0 aromatic heterocycles. The van der Waals surface area contributed by atoms with E-state index in [4.69, 9.17) is 0 Å². The molecule has 20 rings (SSSR count). The molecule has 0 amide bonds. The molecule has 8 fully saturated rings. The fourth-order valence-corrected chi connectivity index (χ4v) is 20.7. The average molecular weight is 1730 g/mol. The van der Waals surface area contributed by atoms with Crippen LogP contribution in [0.3, 0.4) is 0 Å². The molecule has 112 heavy (non-hydrogen) atoms. The molecule has 8 bridgehead atoms. The third-order valence-electron chi connectivity index (χ3n) is 22.3. The van der Waals surface area contributed by atoms with Crippen LogP contribution < -0.4 is 0 Å². The van der Waals surface area contributed by atoms with Gasteiger partial charge in [0, 0.05) is 44.5 Å². The second kappa shape index (κ2) is 43.2. The van der Waals surface area contributed by atoms with Gasteiger partial charge in [-0.2, -0.15) is 0 Å². The molecule has 8 saturated carbocycles. The highest BCUT2D eigenvalue weighted by Crippen LogP contribution is 2.75. The van der Waals surface area contributed by atoms with E-state index in [1.54, 1.807) is 22.3 Å². The van der Waals surface area contributed by atoms with E-state index in [0.29, 0.717) is 21.7 Å². The van der Waals surface area contributed by atoms with Gasteiger partial charge in [0.1, 0.15) is 0 Å². The lowest BCUT2D eigenvalue weighted by molar-refractivity contribution is -0.176. The Morgan fingerprint density at radius 2 is 0.250 bits per heavy atom. The Hall–Kier alpha value is -9.20. The molecule has 0 unspecified atom stereocenters. The van der Waals surface area contributed by atoms with Gasteiger partial charge in [-0.15, -0.1) is 0 Å². The van der Waals surface area contributed by atoms with Crippen LogP contribution >= 0.6 is 63.7 Å². The smallest absolute Gasteiger partial charge is 0.0249 e. The van der Waals surface area contributed by atoms with E-state index in [9.17, 15) is 0 Å². The number of hydrogen-bond donors (Lipinski definition) is 0. The monoisotopic (exact) mass is 1720 g/mol. The predicted molar refractivity (Wildman–Crippen MR) is 495 cm³/mol. The van der Waals surface area contributed by atoms with Gasteiger partial charge in [-0.05, 0) is 263 Å². The van der Waals surface area contributed by atoms with Crippen molar-refractivity contribution in [2.75, 3.05) is 23.3 Å². The summed E-state index contributed by atoms with van der Waals surface area (Å²) in [6.07, 6.45) is 16.6. The lowest BCUT2D eigenvalue weighted by Gasteiger charge is -2.71. The summed E-state index contributed by atoms with van der Waals surface area (Å²) < 4.78 is 0. The topological polar surface area (TPSA) is 0 Å². The maximum Gasteiger partial charge on any atom is 0.0249 e. The van der Waals surface area contributed by atoms with E-state index in [0.717, 1.165) is 44.5 Å². The van der Waals surface area contributed by atoms with Crippen LogP contribution in [-0.4, -0.2) is 23.3 Å². The minimum Gasteiger partial charge on any atom is -0.0966 e. The lowest BCUT2D eigenvalue weighted by Crippen LogP contribution is -2.67. The highest BCUT2D eigenvalue weighted by Gasteiger charge is 2.69. The molecule has 0 heterocycles. The summed E-state index contributed by atoms with van der Waals surface area (Å²) in [6.45, 7) is 10.2. The molecule has 8 aliphatic rings. The van der Waals surface area contributed by atoms with E-state index >= 15 is 0 Å². The van der Waals surface area contributed by atoms with E-state index < -0.39 is 0 Å². The van der Waals surface area contributed by atoms with Crippen molar-refractivity contribution in [3.63, 3.8) is 0 Å². The van der Waals surface area contributed by atoms with Crippen molar-refractivity contribution in [2.24, 2.45) is 21.7 Å². The summed E-state index contributed by atoms with van der Waals surface area (Å²) in [5.74, 6) is 32.1. The van der Waals surface area contributed by atoms with Gasteiger partial charge in [0.2, 0.25) is 0 Å². The summed E-state index contributed by atoms with van der Waals surface area (Å²) >= 11 is 11.8. The quantitative estimate of drug-likeness (QED) is 0.122. The van der Waals surface area contributed by atoms with E-state index in [1.807, 2.05) is 266 Å². The molecule has 0 saturated heterocycles. The van der Waals surface area contributed by atoms with Crippen molar-refractivity contribution in [2.45, 2.75) is 126 Å². The largest absolute Gasteiger partial charge is 0.0966 e. The Bertz CT molecular complexity index is 4070. The summed E-state index contributed by atoms with van der Waals surface area (Å²) in [4.78, 5) is 0. The third-order valence-corrected chi connectivity index (χ3v) is 22.3. The number of rotatable bonds is 4.